The molecule has 0 spiro atoms. The standard InChI is InChI=1S/C14H18N2O/c1-9(8-15)14(17)12-5-6-13-11(7-12)4-3-10(2)16-13/h3-7,9,14,17H,8,15H2,1-2H3. The number of hydrogen-bond acceptors (Lipinski definition) is 3. The summed E-state index contributed by atoms with van der Waals surface area (Å²) in [6, 6.07) is 9.86. The van der Waals surface area contributed by atoms with Crippen LogP contribution in [0.1, 0.15) is 24.3 Å². The van der Waals surface area contributed by atoms with Crippen LogP contribution in [0.5, 0.6) is 0 Å². The maximum absolute atomic E-state index is 10.1. The molecular formula is C14H18N2O. The zero-order chi connectivity index (χ0) is 12.4. The summed E-state index contributed by atoms with van der Waals surface area (Å²) >= 11 is 0. The predicted molar refractivity (Wildman–Crippen MR) is 69.7 cm³/mol. The lowest BCUT2D eigenvalue weighted by Crippen LogP contribution is -2.18. The van der Waals surface area contributed by atoms with E-state index in [1.54, 1.807) is 0 Å². The monoisotopic (exact) mass is 230 g/mol. The first kappa shape index (κ1) is 12.0. The number of rotatable bonds is 3. The van der Waals surface area contributed by atoms with Crippen LogP contribution < -0.4 is 5.73 Å². The van der Waals surface area contributed by atoms with Gasteiger partial charge in [0.05, 0.1) is 11.6 Å². The highest BCUT2D eigenvalue weighted by Crippen LogP contribution is 2.24. The average Bonchev–Trinajstić information content (AvgIpc) is 2.36. The molecule has 2 rings (SSSR count). The zero-order valence-corrected chi connectivity index (χ0v) is 10.2. The summed E-state index contributed by atoms with van der Waals surface area (Å²) in [4.78, 5) is 4.43. The first-order valence-corrected chi connectivity index (χ1v) is 5.87. The van der Waals surface area contributed by atoms with E-state index in [-0.39, 0.29) is 5.92 Å². The Bertz CT molecular complexity index is 525. The highest BCUT2D eigenvalue weighted by atomic mass is 16.3. The van der Waals surface area contributed by atoms with Gasteiger partial charge in [-0.05, 0) is 43.1 Å². The summed E-state index contributed by atoms with van der Waals surface area (Å²) in [6.45, 7) is 4.40. The maximum Gasteiger partial charge on any atom is 0.0827 e. The van der Waals surface area contributed by atoms with Crippen molar-refractivity contribution >= 4 is 10.9 Å². The van der Waals surface area contributed by atoms with E-state index in [4.69, 9.17) is 5.73 Å². The number of aryl methyl sites for hydroxylation is 1. The maximum atomic E-state index is 10.1. The van der Waals surface area contributed by atoms with Crippen LogP contribution in [0, 0.1) is 12.8 Å². The Kier molecular flexibility index (Phi) is 3.41. The second-order valence-electron chi connectivity index (χ2n) is 4.56. The summed E-state index contributed by atoms with van der Waals surface area (Å²) in [5.41, 5.74) is 8.43. The van der Waals surface area contributed by atoms with Crippen LogP contribution in [0.3, 0.4) is 0 Å². The summed E-state index contributed by atoms with van der Waals surface area (Å²) in [7, 11) is 0. The van der Waals surface area contributed by atoms with Gasteiger partial charge in [0, 0.05) is 11.1 Å². The minimum Gasteiger partial charge on any atom is -0.388 e. The van der Waals surface area contributed by atoms with Gasteiger partial charge in [0.2, 0.25) is 0 Å². The van der Waals surface area contributed by atoms with Gasteiger partial charge in [0.15, 0.2) is 0 Å². The van der Waals surface area contributed by atoms with Crippen molar-refractivity contribution in [2.45, 2.75) is 20.0 Å². The fourth-order valence-electron chi connectivity index (χ4n) is 1.89. The van der Waals surface area contributed by atoms with Gasteiger partial charge >= 0.3 is 0 Å². The molecule has 2 unspecified atom stereocenters. The predicted octanol–water partition coefficient (Wildman–Crippen LogP) is 2.17. The number of nitrogens with zero attached hydrogens (tertiary/aromatic N) is 1. The molecule has 0 aliphatic carbocycles. The van der Waals surface area contributed by atoms with E-state index in [9.17, 15) is 5.11 Å². The van der Waals surface area contributed by atoms with Crippen molar-refractivity contribution in [1.29, 1.82) is 0 Å². The van der Waals surface area contributed by atoms with Crippen LogP contribution in [-0.2, 0) is 0 Å². The molecule has 3 nitrogen and oxygen atoms in total. The third kappa shape index (κ3) is 2.46. The van der Waals surface area contributed by atoms with Crippen molar-refractivity contribution in [3.05, 3.63) is 41.6 Å². The van der Waals surface area contributed by atoms with Crippen molar-refractivity contribution in [1.82, 2.24) is 4.98 Å². The molecule has 0 aliphatic rings. The number of fused-ring (bicyclic) bond motifs is 1. The summed E-state index contributed by atoms with van der Waals surface area (Å²) in [6.07, 6.45) is -0.509. The molecule has 1 heterocycles. The molecule has 2 atom stereocenters. The normalized spacial score (nSPS) is 14.8. The van der Waals surface area contributed by atoms with Gasteiger partial charge in [0.1, 0.15) is 0 Å². The van der Waals surface area contributed by atoms with E-state index in [1.165, 1.54) is 0 Å². The molecule has 1 aromatic carbocycles. The van der Waals surface area contributed by atoms with Crippen LogP contribution in [0.15, 0.2) is 30.3 Å². The first-order chi connectivity index (χ1) is 8.11. The van der Waals surface area contributed by atoms with Gasteiger partial charge in [-0.15, -0.1) is 0 Å². The molecule has 0 fully saturated rings. The molecule has 17 heavy (non-hydrogen) atoms. The highest BCUT2D eigenvalue weighted by Gasteiger charge is 2.15. The second kappa shape index (κ2) is 4.82. The molecule has 0 amide bonds. The second-order valence-corrected chi connectivity index (χ2v) is 4.56. The lowest BCUT2D eigenvalue weighted by Gasteiger charge is -2.17. The summed E-state index contributed by atoms with van der Waals surface area (Å²) in [5.74, 6) is 0.0610. The van der Waals surface area contributed by atoms with Crippen molar-refractivity contribution in [2.24, 2.45) is 11.7 Å². The minimum atomic E-state index is -0.509. The van der Waals surface area contributed by atoms with Crippen molar-refractivity contribution in [3.8, 4) is 0 Å². The van der Waals surface area contributed by atoms with Gasteiger partial charge in [-0.1, -0.05) is 19.1 Å². The third-order valence-electron chi connectivity index (χ3n) is 3.10. The van der Waals surface area contributed by atoms with Crippen molar-refractivity contribution in [2.75, 3.05) is 6.54 Å². The van der Waals surface area contributed by atoms with E-state index in [0.29, 0.717) is 6.54 Å². The van der Waals surface area contributed by atoms with Gasteiger partial charge in [0.25, 0.3) is 0 Å². The Morgan fingerprint density at radius 1 is 1.29 bits per heavy atom. The molecule has 1 aromatic heterocycles. The molecule has 0 saturated heterocycles. The molecule has 0 saturated carbocycles. The molecule has 90 valence electrons. The van der Waals surface area contributed by atoms with Crippen LogP contribution in [0.4, 0.5) is 0 Å². The van der Waals surface area contributed by atoms with Crippen LogP contribution >= 0.6 is 0 Å². The highest BCUT2D eigenvalue weighted by molar-refractivity contribution is 5.79. The zero-order valence-electron chi connectivity index (χ0n) is 10.2. The number of nitrogens with two attached hydrogens (primary N) is 1. The van der Waals surface area contributed by atoms with Crippen LogP contribution in [0.2, 0.25) is 0 Å². The average molecular weight is 230 g/mol. The molecule has 2 aromatic rings. The topological polar surface area (TPSA) is 59.1 Å². The number of benzene rings is 1. The minimum absolute atomic E-state index is 0.0610. The number of pyridine rings is 1. The lowest BCUT2D eigenvalue weighted by atomic mass is 9.96. The molecule has 3 N–H and O–H groups in total. The van der Waals surface area contributed by atoms with Gasteiger partial charge in [-0.25, -0.2) is 0 Å². The van der Waals surface area contributed by atoms with Crippen LogP contribution in [-0.4, -0.2) is 16.6 Å². The van der Waals surface area contributed by atoms with Crippen molar-refractivity contribution < 1.29 is 5.11 Å². The first-order valence-electron chi connectivity index (χ1n) is 5.87. The Labute approximate surface area is 101 Å². The molecule has 0 bridgehead atoms. The Hall–Kier alpha value is -1.45. The number of aromatic nitrogens is 1. The van der Waals surface area contributed by atoms with E-state index in [1.807, 2.05) is 44.2 Å². The lowest BCUT2D eigenvalue weighted by molar-refractivity contribution is 0.122. The quantitative estimate of drug-likeness (QED) is 0.849. The number of aliphatic hydroxyl groups is 1. The number of aliphatic hydroxyl groups excluding tert-OH is 1. The molecule has 0 aliphatic heterocycles. The SMILES string of the molecule is Cc1ccc2cc(C(O)C(C)CN)ccc2n1. The Morgan fingerprint density at radius 2 is 2.06 bits per heavy atom. The third-order valence-corrected chi connectivity index (χ3v) is 3.10. The number of hydrogen-bond donors (Lipinski definition) is 2. The molecule has 0 radical (unpaired) electrons. The largest absolute Gasteiger partial charge is 0.388 e. The molecule has 3 heteroatoms. The van der Waals surface area contributed by atoms with Crippen molar-refractivity contribution in [3.63, 3.8) is 0 Å². The van der Waals surface area contributed by atoms with E-state index in [0.717, 1.165) is 22.2 Å². The van der Waals surface area contributed by atoms with E-state index < -0.39 is 6.10 Å². The summed E-state index contributed by atoms with van der Waals surface area (Å²) < 4.78 is 0. The van der Waals surface area contributed by atoms with E-state index in [2.05, 4.69) is 4.98 Å². The fourth-order valence-corrected chi connectivity index (χ4v) is 1.89. The van der Waals surface area contributed by atoms with Gasteiger partial charge in [-0.2, -0.15) is 0 Å². The Morgan fingerprint density at radius 3 is 2.76 bits per heavy atom. The van der Waals surface area contributed by atoms with Gasteiger partial charge in [-0.3, -0.25) is 4.98 Å². The molecular weight excluding hydrogens is 212 g/mol. The fraction of sp³-hybridized carbons (Fsp3) is 0.357. The summed E-state index contributed by atoms with van der Waals surface area (Å²) in [5, 5.41) is 11.2. The van der Waals surface area contributed by atoms with Gasteiger partial charge < -0.3 is 10.8 Å². The van der Waals surface area contributed by atoms with E-state index >= 15 is 0 Å². The smallest absolute Gasteiger partial charge is 0.0827 e. The Balaban J connectivity index is 2.41. The van der Waals surface area contributed by atoms with Crippen LogP contribution in [0.25, 0.3) is 10.9 Å².